The molecule has 0 aliphatic carbocycles. The summed E-state index contributed by atoms with van der Waals surface area (Å²) in [6.45, 7) is 5.95. The van der Waals surface area contributed by atoms with Crippen LogP contribution >= 0.6 is 39.1 Å². The smallest absolute Gasteiger partial charge is 0.106 e. The van der Waals surface area contributed by atoms with Crippen molar-refractivity contribution in [2.24, 2.45) is 0 Å². The number of furan rings is 1. The Morgan fingerprint density at radius 3 is 2.47 bits per heavy atom. The van der Waals surface area contributed by atoms with Gasteiger partial charge in [-0.05, 0) is 54.9 Å². The second-order valence-corrected chi connectivity index (χ2v) is 6.07. The molecule has 0 radical (unpaired) electrons. The molecule has 0 aliphatic heterocycles. The van der Waals surface area contributed by atoms with Gasteiger partial charge in [-0.3, -0.25) is 0 Å². The van der Waals surface area contributed by atoms with Gasteiger partial charge in [0, 0.05) is 10.0 Å². The third kappa shape index (κ3) is 3.10. The van der Waals surface area contributed by atoms with E-state index in [1.165, 1.54) is 0 Å². The third-order valence-electron chi connectivity index (χ3n) is 2.95. The molecule has 1 aromatic heterocycles. The molecular formula is C14H14BrCl2NO. The van der Waals surface area contributed by atoms with Gasteiger partial charge in [0.25, 0.3) is 0 Å². The number of aryl methyl sites for hydroxylation is 2. The fourth-order valence-electron chi connectivity index (χ4n) is 2.03. The molecule has 0 fully saturated rings. The van der Waals surface area contributed by atoms with E-state index in [0.717, 1.165) is 27.2 Å². The highest BCUT2D eigenvalue weighted by Gasteiger charge is 2.15. The topological polar surface area (TPSA) is 25.2 Å². The molecule has 102 valence electrons. The molecule has 0 amide bonds. The number of rotatable bonds is 3. The van der Waals surface area contributed by atoms with Gasteiger partial charge in [-0.1, -0.05) is 23.2 Å². The quantitative estimate of drug-likeness (QED) is 0.663. The minimum Gasteiger partial charge on any atom is -0.466 e. The molecule has 0 saturated heterocycles. The van der Waals surface area contributed by atoms with Gasteiger partial charge in [0.05, 0.1) is 21.8 Å². The van der Waals surface area contributed by atoms with Crippen LogP contribution in [0.15, 0.2) is 27.1 Å². The first-order valence-corrected chi connectivity index (χ1v) is 7.42. The summed E-state index contributed by atoms with van der Waals surface area (Å²) >= 11 is 15.7. The first kappa shape index (κ1) is 14.8. The molecule has 0 spiro atoms. The van der Waals surface area contributed by atoms with Crippen molar-refractivity contribution >= 4 is 44.8 Å². The number of halogens is 3. The molecule has 0 bridgehead atoms. The highest BCUT2D eigenvalue weighted by atomic mass is 79.9. The first-order chi connectivity index (χ1) is 8.90. The van der Waals surface area contributed by atoms with E-state index in [1.54, 1.807) is 0 Å². The van der Waals surface area contributed by atoms with Gasteiger partial charge in [0.2, 0.25) is 0 Å². The van der Waals surface area contributed by atoms with Crippen molar-refractivity contribution in [2.75, 3.05) is 5.32 Å². The molecule has 2 nitrogen and oxygen atoms in total. The van der Waals surface area contributed by atoms with E-state index in [2.05, 4.69) is 28.2 Å². The second kappa shape index (κ2) is 5.78. The summed E-state index contributed by atoms with van der Waals surface area (Å²) in [5.74, 6) is 1.82. The van der Waals surface area contributed by atoms with Gasteiger partial charge >= 0.3 is 0 Å². The van der Waals surface area contributed by atoms with E-state index < -0.39 is 0 Å². The van der Waals surface area contributed by atoms with Crippen molar-refractivity contribution in [1.29, 1.82) is 0 Å². The Morgan fingerprint density at radius 2 is 1.89 bits per heavy atom. The van der Waals surface area contributed by atoms with Crippen LogP contribution in [0.2, 0.25) is 10.0 Å². The van der Waals surface area contributed by atoms with Crippen molar-refractivity contribution in [1.82, 2.24) is 0 Å². The van der Waals surface area contributed by atoms with Crippen LogP contribution in [0.5, 0.6) is 0 Å². The summed E-state index contributed by atoms with van der Waals surface area (Å²) in [7, 11) is 0. The van der Waals surface area contributed by atoms with Crippen LogP contribution in [-0.4, -0.2) is 0 Å². The van der Waals surface area contributed by atoms with Gasteiger partial charge in [-0.15, -0.1) is 0 Å². The molecule has 19 heavy (non-hydrogen) atoms. The van der Waals surface area contributed by atoms with Crippen LogP contribution < -0.4 is 5.32 Å². The minimum atomic E-state index is 0.0900. The zero-order valence-electron chi connectivity index (χ0n) is 10.9. The molecule has 1 aromatic carbocycles. The Hall–Kier alpha value is -0.640. The number of hydrogen-bond acceptors (Lipinski definition) is 2. The fourth-order valence-corrected chi connectivity index (χ4v) is 2.86. The van der Waals surface area contributed by atoms with Crippen LogP contribution in [0.3, 0.4) is 0 Å². The number of hydrogen-bond donors (Lipinski definition) is 1. The van der Waals surface area contributed by atoms with E-state index in [-0.39, 0.29) is 6.04 Å². The first-order valence-electron chi connectivity index (χ1n) is 5.87. The Labute approximate surface area is 131 Å². The summed E-state index contributed by atoms with van der Waals surface area (Å²) in [5, 5.41) is 4.38. The molecule has 2 rings (SSSR count). The average Bonchev–Trinajstić information content (AvgIpc) is 2.69. The minimum absolute atomic E-state index is 0.0900. The maximum Gasteiger partial charge on any atom is 0.106 e. The van der Waals surface area contributed by atoms with Crippen LogP contribution in [0.25, 0.3) is 0 Å². The van der Waals surface area contributed by atoms with Crippen LogP contribution in [0.1, 0.15) is 30.0 Å². The van der Waals surface area contributed by atoms with E-state index in [4.69, 9.17) is 27.6 Å². The lowest BCUT2D eigenvalue weighted by Crippen LogP contribution is -2.07. The van der Waals surface area contributed by atoms with Crippen molar-refractivity contribution in [3.05, 3.63) is 49.8 Å². The molecule has 2 aromatic rings. The normalized spacial score (nSPS) is 12.5. The largest absolute Gasteiger partial charge is 0.466 e. The highest BCUT2D eigenvalue weighted by molar-refractivity contribution is 9.10. The van der Waals surface area contributed by atoms with E-state index in [1.807, 2.05) is 32.0 Å². The lowest BCUT2D eigenvalue weighted by molar-refractivity contribution is 0.500. The summed E-state index contributed by atoms with van der Waals surface area (Å²) in [6, 6.07) is 5.89. The SMILES string of the molecule is Cc1cc(C(C)Nc2ccc(Br)c(Cl)c2Cl)c(C)o1. The van der Waals surface area contributed by atoms with Crippen molar-refractivity contribution in [3.8, 4) is 0 Å². The maximum atomic E-state index is 6.23. The number of anilines is 1. The highest BCUT2D eigenvalue weighted by Crippen LogP contribution is 2.37. The Kier molecular flexibility index (Phi) is 4.49. The van der Waals surface area contributed by atoms with E-state index in [9.17, 15) is 0 Å². The standard InChI is InChI=1S/C14H14BrCl2NO/c1-7-6-10(9(3)19-7)8(2)18-12-5-4-11(15)13(16)14(12)17/h4-6,8,18H,1-3H3. The zero-order chi connectivity index (χ0) is 14.2. The summed E-state index contributed by atoms with van der Waals surface area (Å²) in [6.07, 6.45) is 0. The van der Waals surface area contributed by atoms with Gasteiger partial charge in [-0.25, -0.2) is 0 Å². The van der Waals surface area contributed by atoms with Crippen molar-refractivity contribution in [3.63, 3.8) is 0 Å². The predicted molar refractivity (Wildman–Crippen MR) is 84.4 cm³/mol. The van der Waals surface area contributed by atoms with Crippen LogP contribution in [0, 0.1) is 13.8 Å². The molecule has 1 heterocycles. The monoisotopic (exact) mass is 361 g/mol. The van der Waals surface area contributed by atoms with Gasteiger partial charge in [0.15, 0.2) is 0 Å². The molecule has 1 N–H and O–H groups in total. The second-order valence-electron chi connectivity index (χ2n) is 4.46. The number of nitrogens with one attached hydrogen (secondary N) is 1. The van der Waals surface area contributed by atoms with Crippen LogP contribution in [-0.2, 0) is 0 Å². The summed E-state index contributed by atoms with van der Waals surface area (Å²) in [4.78, 5) is 0. The maximum absolute atomic E-state index is 6.23. The Bertz CT molecular complexity index is 610. The van der Waals surface area contributed by atoms with E-state index in [0.29, 0.717) is 10.0 Å². The zero-order valence-corrected chi connectivity index (χ0v) is 13.9. The summed E-state index contributed by atoms with van der Waals surface area (Å²) in [5.41, 5.74) is 1.92. The molecule has 1 atom stereocenters. The van der Waals surface area contributed by atoms with Gasteiger partial charge in [0.1, 0.15) is 11.5 Å². The fraction of sp³-hybridized carbons (Fsp3) is 0.286. The van der Waals surface area contributed by atoms with Crippen molar-refractivity contribution < 1.29 is 4.42 Å². The Morgan fingerprint density at radius 1 is 1.21 bits per heavy atom. The number of benzene rings is 1. The molecule has 5 heteroatoms. The predicted octanol–water partition coefficient (Wildman–Crippen LogP) is 6.14. The van der Waals surface area contributed by atoms with Crippen molar-refractivity contribution in [2.45, 2.75) is 26.8 Å². The van der Waals surface area contributed by atoms with Gasteiger partial charge < -0.3 is 9.73 Å². The third-order valence-corrected chi connectivity index (χ3v) is 4.72. The molecule has 0 saturated carbocycles. The lowest BCUT2D eigenvalue weighted by atomic mass is 10.1. The molecule has 0 aliphatic rings. The molecular weight excluding hydrogens is 349 g/mol. The van der Waals surface area contributed by atoms with Crippen LogP contribution in [0.4, 0.5) is 5.69 Å². The Balaban J connectivity index is 2.27. The average molecular weight is 363 g/mol. The molecule has 1 unspecified atom stereocenters. The lowest BCUT2D eigenvalue weighted by Gasteiger charge is -2.16. The van der Waals surface area contributed by atoms with Gasteiger partial charge in [-0.2, -0.15) is 0 Å². The summed E-state index contributed by atoms with van der Waals surface area (Å²) < 4.78 is 6.32. The van der Waals surface area contributed by atoms with E-state index >= 15 is 0 Å².